The Morgan fingerprint density at radius 1 is 1.20 bits per heavy atom. The molecule has 1 rings (SSSR count). The number of hydrogen-bond acceptors (Lipinski definition) is 2. The lowest BCUT2D eigenvalue weighted by atomic mass is 9.94. The molecule has 0 unspecified atom stereocenters. The summed E-state index contributed by atoms with van der Waals surface area (Å²) in [5.74, 6) is -0.221. The Hall–Kier alpha value is -1.62. The van der Waals surface area contributed by atoms with Gasteiger partial charge in [-0.3, -0.25) is 15.6 Å². The zero-order valence-electron chi connectivity index (χ0n) is 12.3. The van der Waals surface area contributed by atoms with E-state index in [-0.39, 0.29) is 17.9 Å². The standard InChI is InChI=1S/C15H23N3OS/c1-4-8-13(12-9-6-5-7-10-12)14(19)17-18-15(20)16-11(2)3/h5-7,9-11,13H,4,8H2,1-3H3,(H,17,19)(H2,16,18,20)/t13-/m1/s1. The Kier molecular flexibility index (Phi) is 7.01. The van der Waals surface area contributed by atoms with Crippen molar-refractivity contribution in [2.45, 2.75) is 45.6 Å². The molecule has 0 fully saturated rings. The van der Waals surface area contributed by atoms with Crippen LogP contribution in [0.3, 0.4) is 0 Å². The molecule has 3 N–H and O–H groups in total. The smallest absolute Gasteiger partial charge is 0.245 e. The third kappa shape index (κ3) is 5.57. The fourth-order valence-electron chi connectivity index (χ4n) is 1.93. The topological polar surface area (TPSA) is 53.2 Å². The maximum atomic E-state index is 12.3. The van der Waals surface area contributed by atoms with Crippen LogP contribution in [-0.2, 0) is 4.79 Å². The molecule has 4 nitrogen and oxygen atoms in total. The minimum atomic E-state index is -0.157. The largest absolute Gasteiger partial charge is 0.359 e. The van der Waals surface area contributed by atoms with Gasteiger partial charge in [-0.25, -0.2) is 0 Å². The highest BCUT2D eigenvalue weighted by atomic mass is 32.1. The summed E-state index contributed by atoms with van der Waals surface area (Å²) >= 11 is 5.08. The van der Waals surface area contributed by atoms with Gasteiger partial charge in [0.15, 0.2) is 5.11 Å². The Balaban J connectivity index is 2.59. The molecule has 0 spiro atoms. The highest BCUT2D eigenvalue weighted by Gasteiger charge is 2.19. The van der Waals surface area contributed by atoms with Crippen LogP contribution >= 0.6 is 12.2 Å². The fourth-order valence-corrected chi connectivity index (χ4v) is 2.21. The van der Waals surface area contributed by atoms with Crippen molar-refractivity contribution >= 4 is 23.2 Å². The first-order chi connectivity index (χ1) is 9.54. The highest BCUT2D eigenvalue weighted by Crippen LogP contribution is 2.20. The van der Waals surface area contributed by atoms with Gasteiger partial charge in [-0.05, 0) is 38.0 Å². The van der Waals surface area contributed by atoms with Gasteiger partial charge in [0.25, 0.3) is 0 Å². The molecule has 0 aliphatic rings. The first kappa shape index (κ1) is 16.4. The summed E-state index contributed by atoms with van der Waals surface area (Å²) in [6, 6.07) is 10.0. The van der Waals surface area contributed by atoms with Crippen LogP contribution in [0.15, 0.2) is 30.3 Å². The molecule has 1 aromatic rings. The minimum Gasteiger partial charge on any atom is -0.359 e. The van der Waals surface area contributed by atoms with Crippen LogP contribution in [0.1, 0.15) is 45.1 Å². The van der Waals surface area contributed by atoms with Crippen LogP contribution in [0, 0.1) is 0 Å². The lowest BCUT2D eigenvalue weighted by Crippen LogP contribution is -2.49. The molecule has 0 radical (unpaired) electrons. The SMILES string of the molecule is CCC[C@@H](C(=O)NNC(=S)NC(C)C)c1ccccc1. The monoisotopic (exact) mass is 293 g/mol. The van der Waals surface area contributed by atoms with Crippen LogP contribution in [0.2, 0.25) is 0 Å². The van der Waals surface area contributed by atoms with E-state index in [1.165, 1.54) is 0 Å². The van der Waals surface area contributed by atoms with Gasteiger partial charge in [0.05, 0.1) is 5.92 Å². The Morgan fingerprint density at radius 2 is 1.85 bits per heavy atom. The van der Waals surface area contributed by atoms with Crippen molar-refractivity contribution < 1.29 is 4.79 Å². The summed E-state index contributed by atoms with van der Waals surface area (Å²) in [5, 5.41) is 3.44. The van der Waals surface area contributed by atoms with Crippen molar-refractivity contribution in [3.63, 3.8) is 0 Å². The number of carbonyl (C=O) groups excluding carboxylic acids is 1. The molecule has 0 aliphatic heterocycles. The molecule has 20 heavy (non-hydrogen) atoms. The van der Waals surface area contributed by atoms with E-state index in [0.717, 1.165) is 18.4 Å². The van der Waals surface area contributed by atoms with Crippen molar-refractivity contribution in [3.05, 3.63) is 35.9 Å². The van der Waals surface area contributed by atoms with E-state index in [9.17, 15) is 4.79 Å². The van der Waals surface area contributed by atoms with E-state index in [1.54, 1.807) is 0 Å². The van der Waals surface area contributed by atoms with Crippen LogP contribution in [0.4, 0.5) is 0 Å². The maximum absolute atomic E-state index is 12.3. The summed E-state index contributed by atoms with van der Waals surface area (Å²) in [5.41, 5.74) is 6.45. The lowest BCUT2D eigenvalue weighted by Gasteiger charge is -2.19. The summed E-state index contributed by atoms with van der Waals surface area (Å²) in [4.78, 5) is 12.3. The van der Waals surface area contributed by atoms with Crippen molar-refractivity contribution in [2.24, 2.45) is 0 Å². The summed E-state index contributed by atoms with van der Waals surface area (Å²) in [6.45, 7) is 6.04. The third-order valence-corrected chi connectivity index (χ3v) is 3.03. The normalized spacial score (nSPS) is 11.8. The van der Waals surface area contributed by atoms with Crippen LogP contribution in [-0.4, -0.2) is 17.1 Å². The van der Waals surface area contributed by atoms with Gasteiger partial charge in [0.2, 0.25) is 5.91 Å². The second-order valence-electron chi connectivity index (χ2n) is 4.99. The average molecular weight is 293 g/mol. The number of benzene rings is 1. The Morgan fingerprint density at radius 3 is 2.40 bits per heavy atom. The van der Waals surface area contributed by atoms with Crippen LogP contribution < -0.4 is 16.2 Å². The summed E-state index contributed by atoms with van der Waals surface area (Å²) < 4.78 is 0. The van der Waals surface area contributed by atoms with E-state index < -0.39 is 0 Å². The van der Waals surface area contributed by atoms with Gasteiger partial charge in [0, 0.05) is 6.04 Å². The molecular weight excluding hydrogens is 270 g/mol. The number of nitrogens with one attached hydrogen (secondary N) is 3. The average Bonchev–Trinajstić information content (AvgIpc) is 2.42. The predicted octanol–water partition coefficient (Wildman–Crippen LogP) is 2.47. The lowest BCUT2D eigenvalue weighted by molar-refractivity contribution is -0.123. The number of carbonyl (C=O) groups is 1. The van der Waals surface area contributed by atoms with Gasteiger partial charge in [-0.1, -0.05) is 43.7 Å². The zero-order chi connectivity index (χ0) is 15.0. The second kappa shape index (κ2) is 8.53. The van der Waals surface area contributed by atoms with Gasteiger partial charge in [-0.2, -0.15) is 0 Å². The molecule has 0 aromatic heterocycles. The van der Waals surface area contributed by atoms with Crippen molar-refractivity contribution in [3.8, 4) is 0 Å². The van der Waals surface area contributed by atoms with E-state index >= 15 is 0 Å². The molecule has 110 valence electrons. The Bertz CT molecular complexity index is 434. The molecular formula is C15H23N3OS. The van der Waals surface area contributed by atoms with E-state index in [1.807, 2.05) is 44.2 Å². The summed E-state index contributed by atoms with van der Waals surface area (Å²) in [6.07, 6.45) is 1.75. The van der Waals surface area contributed by atoms with Crippen molar-refractivity contribution in [1.82, 2.24) is 16.2 Å². The third-order valence-electron chi connectivity index (χ3n) is 2.81. The van der Waals surface area contributed by atoms with Gasteiger partial charge >= 0.3 is 0 Å². The number of hydrogen-bond donors (Lipinski definition) is 3. The van der Waals surface area contributed by atoms with E-state index in [4.69, 9.17) is 12.2 Å². The first-order valence-electron chi connectivity index (χ1n) is 6.96. The Labute approximate surface area is 126 Å². The maximum Gasteiger partial charge on any atom is 0.245 e. The van der Waals surface area contributed by atoms with Gasteiger partial charge < -0.3 is 5.32 Å². The second-order valence-corrected chi connectivity index (χ2v) is 5.40. The first-order valence-corrected chi connectivity index (χ1v) is 7.36. The van der Waals surface area contributed by atoms with Crippen molar-refractivity contribution in [2.75, 3.05) is 0 Å². The molecule has 1 amide bonds. The predicted molar refractivity (Wildman–Crippen MR) is 86.2 cm³/mol. The molecule has 0 saturated heterocycles. The quantitative estimate of drug-likeness (QED) is 0.577. The highest BCUT2D eigenvalue weighted by molar-refractivity contribution is 7.80. The molecule has 0 bridgehead atoms. The van der Waals surface area contributed by atoms with Crippen molar-refractivity contribution in [1.29, 1.82) is 0 Å². The van der Waals surface area contributed by atoms with Crippen LogP contribution in [0.25, 0.3) is 0 Å². The molecule has 1 aromatic carbocycles. The van der Waals surface area contributed by atoms with Gasteiger partial charge in [0.1, 0.15) is 0 Å². The number of amides is 1. The minimum absolute atomic E-state index is 0.0639. The molecule has 0 saturated carbocycles. The summed E-state index contributed by atoms with van der Waals surface area (Å²) in [7, 11) is 0. The van der Waals surface area contributed by atoms with Crippen LogP contribution in [0.5, 0.6) is 0 Å². The number of rotatable bonds is 5. The number of hydrazine groups is 1. The number of thiocarbonyl (C=S) groups is 1. The molecule has 0 aliphatic carbocycles. The fraction of sp³-hybridized carbons (Fsp3) is 0.467. The molecule has 1 atom stereocenters. The van der Waals surface area contributed by atoms with Gasteiger partial charge in [-0.15, -0.1) is 0 Å². The molecule has 5 heteroatoms. The molecule has 0 heterocycles. The van der Waals surface area contributed by atoms with E-state index in [0.29, 0.717) is 5.11 Å². The zero-order valence-corrected chi connectivity index (χ0v) is 13.1. The van der Waals surface area contributed by atoms with E-state index in [2.05, 4.69) is 23.1 Å².